The number of carbonyl (C=O) groups excluding carboxylic acids is 3. The summed E-state index contributed by atoms with van der Waals surface area (Å²) in [5.41, 5.74) is 5.13. The van der Waals surface area contributed by atoms with Crippen LogP contribution in [0.4, 0.5) is 0 Å². The van der Waals surface area contributed by atoms with Gasteiger partial charge in [-0.2, -0.15) is 0 Å². The summed E-state index contributed by atoms with van der Waals surface area (Å²) in [6.07, 6.45) is 1.25. The number of likely N-dealkylation sites (tertiary alicyclic amines) is 1. The van der Waals surface area contributed by atoms with Crippen molar-refractivity contribution in [3.8, 4) is 17.2 Å². The summed E-state index contributed by atoms with van der Waals surface area (Å²) in [6.45, 7) is 7.16. The van der Waals surface area contributed by atoms with Crippen LogP contribution in [0.2, 0.25) is 0 Å². The van der Waals surface area contributed by atoms with Gasteiger partial charge in [-0.15, -0.1) is 11.3 Å². The molecule has 2 aromatic rings. The molecule has 1 atom stereocenters. The molecule has 10 heteroatoms. The Morgan fingerprint density at radius 3 is 2.27 bits per heavy atom. The molecule has 1 aromatic carbocycles. The Hall–Kier alpha value is -3.27. The van der Waals surface area contributed by atoms with Crippen molar-refractivity contribution in [1.29, 1.82) is 0 Å². The van der Waals surface area contributed by atoms with Crippen molar-refractivity contribution < 1.29 is 28.6 Å². The number of nitrogens with one attached hydrogen (secondary N) is 2. The van der Waals surface area contributed by atoms with Gasteiger partial charge in [-0.1, -0.05) is 6.07 Å². The highest BCUT2D eigenvalue weighted by Crippen LogP contribution is 2.39. The fraction of sp³-hybridized carbons (Fsp3) is 0.435. The van der Waals surface area contributed by atoms with E-state index >= 15 is 0 Å². The van der Waals surface area contributed by atoms with Gasteiger partial charge in [0.05, 0.1) is 24.7 Å². The van der Waals surface area contributed by atoms with Crippen molar-refractivity contribution in [3.63, 3.8) is 0 Å². The number of nitrogens with zero attached hydrogens (tertiary/aromatic N) is 1. The number of hydrogen-bond donors (Lipinski definition) is 2. The average Bonchev–Trinajstić information content (AvgIpc) is 3.51. The number of ether oxygens (including phenoxy) is 3. The molecule has 1 aromatic heterocycles. The van der Waals surface area contributed by atoms with Crippen molar-refractivity contribution in [2.24, 2.45) is 0 Å². The van der Waals surface area contributed by atoms with E-state index in [1.807, 2.05) is 26.2 Å². The van der Waals surface area contributed by atoms with Gasteiger partial charge < -0.3 is 19.1 Å². The Morgan fingerprint density at radius 2 is 1.70 bits per heavy atom. The van der Waals surface area contributed by atoms with Crippen LogP contribution < -0.4 is 25.1 Å². The molecule has 0 saturated carbocycles. The van der Waals surface area contributed by atoms with Crippen LogP contribution in [0.3, 0.4) is 0 Å². The molecule has 1 aliphatic rings. The molecule has 178 valence electrons. The van der Waals surface area contributed by atoms with Crippen LogP contribution in [0.5, 0.6) is 17.2 Å². The van der Waals surface area contributed by atoms with E-state index in [-0.39, 0.29) is 11.5 Å². The summed E-state index contributed by atoms with van der Waals surface area (Å²) in [5.74, 6) is 0.0310. The predicted octanol–water partition coefficient (Wildman–Crippen LogP) is 3.01. The van der Waals surface area contributed by atoms with Crippen LogP contribution in [-0.2, 0) is 4.79 Å². The quantitative estimate of drug-likeness (QED) is 0.540. The van der Waals surface area contributed by atoms with Gasteiger partial charge >= 0.3 is 0 Å². The Kier molecular flexibility index (Phi) is 8.53. The zero-order chi connectivity index (χ0) is 23.8. The van der Waals surface area contributed by atoms with Crippen LogP contribution in [-0.4, -0.2) is 55.0 Å². The molecule has 3 amide bonds. The molecule has 33 heavy (non-hydrogen) atoms. The second-order valence-corrected chi connectivity index (χ2v) is 8.13. The smallest absolute Gasteiger partial charge is 0.269 e. The van der Waals surface area contributed by atoms with E-state index in [0.717, 1.165) is 6.42 Å². The molecule has 0 unspecified atom stereocenters. The number of carbonyl (C=O) groups is 3. The van der Waals surface area contributed by atoms with E-state index in [1.54, 1.807) is 29.2 Å². The molecular formula is C23H29N3O6S. The van der Waals surface area contributed by atoms with Gasteiger partial charge in [-0.05, 0) is 57.2 Å². The Labute approximate surface area is 197 Å². The highest BCUT2D eigenvalue weighted by Gasteiger charge is 2.35. The maximum Gasteiger partial charge on any atom is 0.269 e. The second-order valence-electron chi connectivity index (χ2n) is 7.18. The molecule has 9 nitrogen and oxygen atoms in total. The second kappa shape index (κ2) is 11.6. The zero-order valence-corrected chi connectivity index (χ0v) is 19.8. The third-order valence-corrected chi connectivity index (χ3v) is 5.88. The number of rotatable bonds is 9. The predicted molar refractivity (Wildman–Crippen MR) is 124 cm³/mol. The summed E-state index contributed by atoms with van der Waals surface area (Å²) in [6, 6.07) is 5.98. The van der Waals surface area contributed by atoms with Crippen LogP contribution in [0.1, 0.15) is 53.6 Å². The largest absolute Gasteiger partial charge is 0.490 e. The molecule has 0 spiro atoms. The Bertz CT molecular complexity index is 952. The first-order valence-corrected chi connectivity index (χ1v) is 11.9. The summed E-state index contributed by atoms with van der Waals surface area (Å²) in [4.78, 5) is 40.4. The van der Waals surface area contributed by atoms with Crippen molar-refractivity contribution in [2.75, 3.05) is 26.4 Å². The highest BCUT2D eigenvalue weighted by molar-refractivity contribution is 7.12. The number of amides is 3. The molecule has 1 fully saturated rings. The SMILES string of the molecule is CCOc1cc(C(=O)NNC(=O)[C@@H]2CCCN2C(=O)c2cccs2)cc(OCC)c1OCC. The Morgan fingerprint density at radius 1 is 1.03 bits per heavy atom. The fourth-order valence-electron chi connectivity index (χ4n) is 3.62. The first kappa shape index (κ1) is 24.4. The molecular weight excluding hydrogens is 446 g/mol. The van der Waals surface area contributed by atoms with Crippen LogP contribution in [0, 0.1) is 0 Å². The van der Waals surface area contributed by atoms with Gasteiger partial charge in [0.2, 0.25) is 5.75 Å². The first-order chi connectivity index (χ1) is 16.0. The summed E-state index contributed by atoms with van der Waals surface area (Å²) < 4.78 is 16.9. The maximum absolute atomic E-state index is 12.8. The van der Waals surface area contributed by atoms with Crippen molar-refractivity contribution in [2.45, 2.75) is 39.7 Å². The molecule has 1 aliphatic heterocycles. The molecule has 0 aliphatic carbocycles. The monoisotopic (exact) mass is 475 g/mol. The summed E-state index contributed by atoms with van der Waals surface area (Å²) in [5, 5.41) is 1.82. The van der Waals surface area contributed by atoms with Crippen molar-refractivity contribution in [1.82, 2.24) is 15.8 Å². The maximum atomic E-state index is 12.8. The lowest BCUT2D eigenvalue weighted by atomic mass is 10.1. The molecule has 3 rings (SSSR count). The lowest BCUT2D eigenvalue weighted by Crippen LogP contribution is -2.51. The number of hydrogen-bond acceptors (Lipinski definition) is 7. The minimum atomic E-state index is -0.641. The zero-order valence-electron chi connectivity index (χ0n) is 19.0. The van der Waals surface area contributed by atoms with E-state index < -0.39 is 17.9 Å². The third kappa shape index (κ3) is 5.75. The molecule has 0 radical (unpaired) electrons. The summed E-state index contributed by atoms with van der Waals surface area (Å²) in [7, 11) is 0. The van der Waals surface area contributed by atoms with E-state index in [2.05, 4.69) is 10.9 Å². The highest BCUT2D eigenvalue weighted by atomic mass is 32.1. The standard InChI is InChI=1S/C23H29N3O6S/c1-4-30-17-13-15(14-18(31-5-2)20(17)32-6-3)21(27)24-25-22(28)16-9-7-11-26(16)23(29)19-10-8-12-33-19/h8,10,12-14,16H,4-7,9,11H2,1-3H3,(H,24,27)(H,25,28)/t16-/m0/s1. The minimum absolute atomic E-state index is 0.178. The van der Waals surface area contributed by atoms with Gasteiger partial charge in [0.1, 0.15) is 6.04 Å². The van der Waals surface area contributed by atoms with Crippen molar-refractivity contribution in [3.05, 3.63) is 40.1 Å². The number of benzene rings is 1. The average molecular weight is 476 g/mol. The fourth-order valence-corrected chi connectivity index (χ4v) is 4.30. The number of hydrazine groups is 1. The molecule has 2 heterocycles. The van der Waals surface area contributed by atoms with E-state index in [4.69, 9.17) is 14.2 Å². The molecule has 2 N–H and O–H groups in total. The summed E-state index contributed by atoms with van der Waals surface area (Å²) >= 11 is 1.34. The molecule has 1 saturated heterocycles. The van der Waals surface area contributed by atoms with E-state index in [9.17, 15) is 14.4 Å². The van der Waals surface area contributed by atoms with Crippen molar-refractivity contribution >= 4 is 29.1 Å². The van der Waals surface area contributed by atoms with Gasteiger partial charge in [-0.3, -0.25) is 25.2 Å². The normalized spacial score (nSPS) is 15.1. The molecule has 0 bridgehead atoms. The van der Waals surface area contributed by atoms with Crippen LogP contribution >= 0.6 is 11.3 Å². The minimum Gasteiger partial charge on any atom is -0.490 e. The van der Waals surface area contributed by atoms with Crippen LogP contribution in [0.25, 0.3) is 0 Å². The van der Waals surface area contributed by atoms with E-state index in [1.165, 1.54) is 11.3 Å². The van der Waals surface area contributed by atoms with Crippen LogP contribution in [0.15, 0.2) is 29.6 Å². The van der Waals surface area contributed by atoms with Gasteiger partial charge in [0.15, 0.2) is 11.5 Å². The van der Waals surface area contributed by atoms with Gasteiger partial charge in [0.25, 0.3) is 17.7 Å². The van der Waals surface area contributed by atoms with E-state index in [0.29, 0.717) is 54.9 Å². The lowest BCUT2D eigenvalue weighted by Gasteiger charge is -2.23. The van der Waals surface area contributed by atoms with Gasteiger partial charge in [-0.25, -0.2) is 0 Å². The lowest BCUT2D eigenvalue weighted by molar-refractivity contribution is -0.125. The first-order valence-electron chi connectivity index (χ1n) is 11.0. The number of thiophene rings is 1. The Balaban J connectivity index is 1.70. The third-order valence-electron chi connectivity index (χ3n) is 5.02. The topological polar surface area (TPSA) is 106 Å². The van der Waals surface area contributed by atoms with Gasteiger partial charge in [0, 0.05) is 12.1 Å².